The molecule has 0 saturated carbocycles. The van der Waals surface area contributed by atoms with Crippen molar-refractivity contribution < 1.29 is 40.2 Å². The lowest BCUT2D eigenvalue weighted by molar-refractivity contribution is -0.234. The SMILES string of the molecule is CCCCCCCCCCCCCCCCCCCCCCCCCC(=O)[C@@H](CC(N)[C@H]1O[C@H](CO)[C@H](O)[C@H](O)[C@H]1O)[C@H](O)[C@H](O)CCCCCCCCCCCCCCCCCCC. The minimum Gasteiger partial charge on any atom is -0.394 e. The lowest BCUT2D eigenvalue weighted by Crippen LogP contribution is -2.63. The second-order valence-corrected chi connectivity index (χ2v) is 20.8. The first-order chi connectivity index (χ1) is 31.7. The number of ether oxygens (including phenoxy) is 1. The van der Waals surface area contributed by atoms with Crippen molar-refractivity contribution in [3.8, 4) is 0 Å². The van der Waals surface area contributed by atoms with E-state index in [1.165, 1.54) is 212 Å². The van der Waals surface area contributed by atoms with Gasteiger partial charge in [-0.1, -0.05) is 264 Å². The number of carbonyl (C=O) groups excluding carboxylic acids is 1. The number of hydrogen-bond acceptors (Lipinski definition) is 9. The third-order valence-corrected chi connectivity index (χ3v) is 14.7. The number of ketones is 1. The second-order valence-electron chi connectivity index (χ2n) is 20.8. The Labute approximate surface area is 401 Å². The Morgan fingerprint density at radius 2 is 0.769 bits per heavy atom. The highest BCUT2D eigenvalue weighted by Crippen LogP contribution is 2.29. The van der Waals surface area contributed by atoms with Gasteiger partial charge in [-0.25, -0.2) is 0 Å². The Morgan fingerprint density at radius 1 is 0.462 bits per heavy atom. The lowest BCUT2D eigenvalue weighted by atomic mass is 9.81. The van der Waals surface area contributed by atoms with Crippen molar-refractivity contribution in [3.63, 3.8) is 0 Å². The quantitative estimate of drug-likeness (QED) is 0.0293. The molecule has 65 heavy (non-hydrogen) atoms. The Balaban J connectivity index is 2.32. The van der Waals surface area contributed by atoms with Crippen LogP contribution in [0.2, 0.25) is 0 Å². The largest absolute Gasteiger partial charge is 0.394 e. The van der Waals surface area contributed by atoms with Crippen LogP contribution in [0.5, 0.6) is 0 Å². The van der Waals surface area contributed by atoms with Gasteiger partial charge in [-0.2, -0.15) is 0 Å². The molecule has 0 aliphatic carbocycles. The van der Waals surface area contributed by atoms with Crippen LogP contribution in [0.4, 0.5) is 0 Å². The topological polar surface area (TPSA) is 174 Å². The third-order valence-electron chi connectivity index (χ3n) is 14.7. The standard InChI is InChI=1S/C56H111NO8/c1-3-5-7-9-11-13-15-17-19-21-22-23-24-25-26-28-29-31-33-35-37-39-41-43-49(59)47(45-48(57)56-55(64)54(63)53(62)51(46-58)65-56)52(61)50(60)44-42-40-38-36-34-32-30-27-20-18-16-14-12-10-8-6-4-2/h47-48,50-56,58,60-64H,3-46,57H2,1-2H3/t47-,48?,50-,51-,52+,53+,54+,55-,56-/m1/s1. The van der Waals surface area contributed by atoms with Gasteiger partial charge in [-0.3, -0.25) is 4.79 Å². The highest BCUT2D eigenvalue weighted by atomic mass is 16.5. The molecule has 1 saturated heterocycles. The van der Waals surface area contributed by atoms with Crippen molar-refractivity contribution in [2.75, 3.05) is 6.61 Å². The molecule has 0 radical (unpaired) electrons. The molecule has 0 spiro atoms. The van der Waals surface area contributed by atoms with E-state index in [1.54, 1.807) is 0 Å². The summed E-state index contributed by atoms with van der Waals surface area (Å²) in [6.45, 7) is 3.98. The van der Waals surface area contributed by atoms with Crippen molar-refractivity contribution in [1.82, 2.24) is 0 Å². The van der Waals surface area contributed by atoms with Crippen LogP contribution in [0.1, 0.15) is 290 Å². The van der Waals surface area contributed by atoms with Crippen molar-refractivity contribution in [1.29, 1.82) is 0 Å². The maximum Gasteiger partial charge on any atom is 0.138 e. The molecule has 8 N–H and O–H groups in total. The summed E-state index contributed by atoms with van der Waals surface area (Å²) in [6, 6.07) is -0.980. The fraction of sp³-hybridized carbons (Fsp3) is 0.982. The Bertz CT molecular complexity index is 1020. The predicted octanol–water partition coefficient (Wildman–Crippen LogP) is 12.9. The molecule has 1 aliphatic heterocycles. The van der Waals surface area contributed by atoms with E-state index < -0.39 is 61.3 Å². The summed E-state index contributed by atoms with van der Waals surface area (Å²) in [5.41, 5.74) is 6.50. The van der Waals surface area contributed by atoms with Gasteiger partial charge in [0.25, 0.3) is 0 Å². The summed E-state index contributed by atoms with van der Waals surface area (Å²) in [4.78, 5) is 13.7. The van der Waals surface area contributed by atoms with E-state index in [0.717, 1.165) is 38.5 Å². The number of Topliss-reactive ketones (excluding diaryl/α,β-unsaturated/α-hetero) is 1. The van der Waals surface area contributed by atoms with Gasteiger partial charge in [-0.05, 0) is 19.3 Å². The highest BCUT2D eigenvalue weighted by Gasteiger charge is 2.46. The number of rotatable bonds is 49. The monoisotopic (exact) mass is 926 g/mol. The second kappa shape index (κ2) is 44.6. The van der Waals surface area contributed by atoms with E-state index in [9.17, 15) is 35.4 Å². The van der Waals surface area contributed by atoms with Crippen molar-refractivity contribution in [2.24, 2.45) is 11.7 Å². The van der Waals surface area contributed by atoms with Crippen LogP contribution in [0.3, 0.4) is 0 Å². The zero-order valence-electron chi connectivity index (χ0n) is 42.9. The van der Waals surface area contributed by atoms with Crippen LogP contribution in [-0.4, -0.2) is 91.8 Å². The average molecular weight is 927 g/mol. The summed E-state index contributed by atoms with van der Waals surface area (Å²) in [6.07, 6.45) is 42.8. The van der Waals surface area contributed by atoms with E-state index in [-0.39, 0.29) is 18.6 Å². The molecular formula is C56H111NO8. The molecule has 1 aliphatic rings. The van der Waals surface area contributed by atoms with Crippen LogP contribution in [0.25, 0.3) is 0 Å². The molecule has 1 unspecified atom stereocenters. The zero-order valence-corrected chi connectivity index (χ0v) is 42.9. The summed E-state index contributed by atoms with van der Waals surface area (Å²) in [5, 5.41) is 63.6. The highest BCUT2D eigenvalue weighted by molar-refractivity contribution is 5.81. The van der Waals surface area contributed by atoms with Crippen molar-refractivity contribution in [2.45, 2.75) is 339 Å². The molecule has 9 heteroatoms. The molecular weight excluding hydrogens is 815 g/mol. The van der Waals surface area contributed by atoms with Crippen LogP contribution in [0, 0.1) is 5.92 Å². The van der Waals surface area contributed by atoms with Crippen LogP contribution < -0.4 is 5.73 Å². The fourth-order valence-corrected chi connectivity index (χ4v) is 10.2. The molecule has 0 amide bonds. The Kier molecular flexibility index (Phi) is 42.7. The van der Waals surface area contributed by atoms with Gasteiger partial charge in [0.2, 0.25) is 0 Å². The summed E-state index contributed by atoms with van der Waals surface area (Å²) >= 11 is 0. The molecule has 0 aromatic carbocycles. The first-order valence-corrected chi connectivity index (χ1v) is 28.6. The summed E-state index contributed by atoms with van der Waals surface area (Å²) in [5.74, 6) is -1.12. The molecule has 0 aromatic rings. The zero-order chi connectivity index (χ0) is 47.6. The molecule has 0 bridgehead atoms. The smallest absolute Gasteiger partial charge is 0.138 e. The van der Waals surface area contributed by atoms with Gasteiger partial charge in [-0.15, -0.1) is 0 Å². The van der Waals surface area contributed by atoms with Gasteiger partial charge in [0.05, 0.1) is 18.8 Å². The third kappa shape index (κ3) is 32.7. The van der Waals surface area contributed by atoms with Gasteiger partial charge in [0.1, 0.15) is 36.3 Å². The van der Waals surface area contributed by atoms with E-state index in [2.05, 4.69) is 13.8 Å². The molecule has 388 valence electrons. The van der Waals surface area contributed by atoms with E-state index in [4.69, 9.17) is 10.5 Å². The van der Waals surface area contributed by atoms with Gasteiger partial charge >= 0.3 is 0 Å². The molecule has 1 rings (SSSR count). The predicted molar refractivity (Wildman–Crippen MR) is 272 cm³/mol. The van der Waals surface area contributed by atoms with E-state index in [0.29, 0.717) is 12.8 Å². The van der Waals surface area contributed by atoms with E-state index in [1.807, 2.05) is 0 Å². The normalized spacial score (nSPS) is 20.8. The summed E-state index contributed by atoms with van der Waals surface area (Å²) in [7, 11) is 0. The number of aliphatic hydroxyl groups is 6. The number of aliphatic hydroxyl groups excluding tert-OH is 6. The first kappa shape index (κ1) is 62.4. The van der Waals surface area contributed by atoms with Gasteiger partial charge in [0, 0.05) is 18.4 Å². The minimum absolute atomic E-state index is 0.0574. The molecule has 1 heterocycles. The van der Waals surface area contributed by atoms with E-state index >= 15 is 0 Å². The van der Waals surface area contributed by atoms with Crippen LogP contribution in [0.15, 0.2) is 0 Å². The Hall–Kier alpha value is -0.650. The molecule has 9 atom stereocenters. The minimum atomic E-state index is -1.57. The molecule has 1 fully saturated rings. The van der Waals surface area contributed by atoms with Crippen LogP contribution in [-0.2, 0) is 9.53 Å². The van der Waals surface area contributed by atoms with Crippen molar-refractivity contribution >= 4 is 5.78 Å². The number of hydrogen-bond donors (Lipinski definition) is 7. The average Bonchev–Trinajstić information content (AvgIpc) is 3.30. The van der Waals surface area contributed by atoms with Crippen LogP contribution >= 0.6 is 0 Å². The molecule has 9 nitrogen and oxygen atoms in total. The van der Waals surface area contributed by atoms with Gasteiger partial charge in [0.15, 0.2) is 0 Å². The maximum atomic E-state index is 13.7. The number of nitrogens with two attached hydrogens (primary N) is 1. The number of carbonyl (C=O) groups is 1. The Morgan fingerprint density at radius 3 is 1.09 bits per heavy atom. The fourth-order valence-electron chi connectivity index (χ4n) is 10.2. The first-order valence-electron chi connectivity index (χ1n) is 28.6. The molecule has 0 aromatic heterocycles. The van der Waals surface area contributed by atoms with Gasteiger partial charge < -0.3 is 41.1 Å². The number of unbranched alkanes of at least 4 members (excludes halogenated alkanes) is 38. The maximum absolute atomic E-state index is 13.7. The summed E-state index contributed by atoms with van der Waals surface area (Å²) < 4.78 is 5.70. The lowest BCUT2D eigenvalue weighted by Gasteiger charge is -2.43. The van der Waals surface area contributed by atoms with Crippen molar-refractivity contribution in [3.05, 3.63) is 0 Å².